The minimum atomic E-state index is -1.11. The minimum absolute atomic E-state index is 0.0959. The molecule has 0 amide bonds. The summed E-state index contributed by atoms with van der Waals surface area (Å²) >= 11 is 6.00. The van der Waals surface area contributed by atoms with Crippen molar-refractivity contribution in [2.45, 2.75) is 13.0 Å². The molecule has 0 aliphatic heterocycles. The predicted molar refractivity (Wildman–Crippen MR) is 82.0 cm³/mol. The van der Waals surface area contributed by atoms with E-state index >= 15 is 0 Å². The molecule has 3 aromatic rings. The minimum Gasteiger partial charge on any atom is -0.383 e. The molecule has 1 heterocycles. The molecule has 0 aliphatic rings. The third-order valence-corrected chi connectivity index (χ3v) is 3.77. The number of aliphatic hydroxyl groups excluding tert-OH is 1. The molecule has 0 aliphatic carbocycles. The number of hydrogen-bond donors (Lipinski definition) is 1. The molecule has 3 rings (SSSR count). The number of hydrogen-bond acceptors (Lipinski definition) is 2. The monoisotopic (exact) mass is 301 g/mol. The maximum absolute atomic E-state index is 13.9. The zero-order valence-corrected chi connectivity index (χ0v) is 12.1. The van der Waals surface area contributed by atoms with E-state index in [1.54, 1.807) is 18.2 Å². The lowest BCUT2D eigenvalue weighted by atomic mass is 9.99. The maximum atomic E-state index is 13.9. The number of benzene rings is 2. The van der Waals surface area contributed by atoms with E-state index in [9.17, 15) is 9.50 Å². The van der Waals surface area contributed by atoms with E-state index in [2.05, 4.69) is 4.98 Å². The Balaban J connectivity index is 2.09. The first-order valence-corrected chi connectivity index (χ1v) is 6.93. The number of aryl methyl sites for hydroxylation is 1. The molecule has 0 bridgehead atoms. The Hall–Kier alpha value is -1.97. The Morgan fingerprint density at radius 3 is 2.71 bits per heavy atom. The molecule has 0 spiro atoms. The molecule has 1 N–H and O–H groups in total. The van der Waals surface area contributed by atoms with E-state index in [0.717, 1.165) is 16.6 Å². The Bertz CT molecular complexity index is 799. The van der Waals surface area contributed by atoms with Gasteiger partial charge in [-0.3, -0.25) is 4.98 Å². The van der Waals surface area contributed by atoms with Gasteiger partial charge in [-0.2, -0.15) is 0 Å². The van der Waals surface area contributed by atoms with Crippen molar-refractivity contribution in [1.29, 1.82) is 0 Å². The molecular formula is C17H13ClFNO. The van der Waals surface area contributed by atoms with Gasteiger partial charge in [0.15, 0.2) is 0 Å². The van der Waals surface area contributed by atoms with Gasteiger partial charge >= 0.3 is 0 Å². The number of halogens is 2. The van der Waals surface area contributed by atoms with Crippen LogP contribution >= 0.6 is 11.6 Å². The number of rotatable bonds is 2. The molecule has 2 nitrogen and oxygen atoms in total. The standard InChI is InChI=1S/C17H13ClFNO/c1-10-5-6-11-9-12(7-8-15(11)20-10)17(21)16-13(18)3-2-4-14(16)19/h2-9,17,21H,1H3. The van der Waals surface area contributed by atoms with Crippen molar-refractivity contribution in [2.24, 2.45) is 0 Å². The summed E-state index contributed by atoms with van der Waals surface area (Å²) in [7, 11) is 0. The second kappa shape index (κ2) is 5.43. The van der Waals surface area contributed by atoms with Crippen LogP contribution in [0, 0.1) is 12.7 Å². The quantitative estimate of drug-likeness (QED) is 0.760. The molecule has 0 fully saturated rings. The number of aromatic nitrogens is 1. The van der Waals surface area contributed by atoms with Crippen molar-refractivity contribution in [3.05, 3.63) is 76.2 Å². The van der Waals surface area contributed by atoms with E-state index in [0.29, 0.717) is 5.56 Å². The Labute approximate surface area is 126 Å². The lowest BCUT2D eigenvalue weighted by Crippen LogP contribution is -2.03. The van der Waals surface area contributed by atoms with Gasteiger partial charge in [-0.1, -0.05) is 29.8 Å². The highest BCUT2D eigenvalue weighted by Gasteiger charge is 2.18. The molecule has 106 valence electrons. The van der Waals surface area contributed by atoms with Crippen molar-refractivity contribution in [3.8, 4) is 0 Å². The average Bonchev–Trinajstić information content (AvgIpc) is 2.46. The van der Waals surface area contributed by atoms with Gasteiger partial charge in [0.05, 0.1) is 5.52 Å². The van der Waals surface area contributed by atoms with E-state index in [4.69, 9.17) is 11.6 Å². The molecule has 21 heavy (non-hydrogen) atoms. The summed E-state index contributed by atoms with van der Waals surface area (Å²) < 4.78 is 13.9. The molecule has 0 radical (unpaired) electrons. The van der Waals surface area contributed by atoms with Crippen LogP contribution in [0.4, 0.5) is 4.39 Å². The summed E-state index contributed by atoms with van der Waals surface area (Å²) in [4.78, 5) is 4.40. The second-order valence-electron chi connectivity index (χ2n) is 4.94. The van der Waals surface area contributed by atoms with Crippen LogP contribution in [-0.2, 0) is 0 Å². The maximum Gasteiger partial charge on any atom is 0.130 e. The van der Waals surface area contributed by atoms with Crippen LogP contribution in [0.2, 0.25) is 5.02 Å². The Morgan fingerprint density at radius 1 is 1.14 bits per heavy atom. The van der Waals surface area contributed by atoms with Crippen molar-refractivity contribution in [1.82, 2.24) is 4.98 Å². The zero-order chi connectivity index (χ0) is 15.0. The lowest BCUT2D eigenvalue weighted by Gasteiger charge is -2.14. The predicted octanol–water partition coefficient (Wildman–Crippen LogP) is 4.42. The fourth-order valence-electron chi connectivity index (χ4n) is 2.35. The Kier molecular flexibility index (Phi) is 3.62. The van der Waals surface area contributed by atoms with Gasteiger partial charge in [-0.25, -0.2) is 4.39 Å². The van der Waals surface area contributed by atoms with Crippen LogP contribution in [0.5, 0.6) is 0 Å². The van der Waals surface area contributed by atoms with Crippen molar-refractivity contribution in [3.63, 3.8) is 0 Å². The highest BCUT2D eigenvalue weighted by molar-refractivity contribution is 6.31. The van der Waals surface area contributed by atoms with E-state index in [-0.39, 0.29) is 10.6 Å². The molecule has 0 saturated carbocycles. The van der Waals surface area contributed by atoms with Gasteiger partial charge in [0.2, 0.25) is 0 Å². The number of pyridine rings is 1. The SMILES string of the molecule is Cc1ccc2cc(C(O)c3c(F)cccc3Cl)ccc2n1. The highest BCUT2D eigenvalue weighted by atomic mass is 35.5. The lowest BCUT2D eigenvalue weighted by molar-refractivity contribution is 0.215. The van der Waals surface area contributed by atoms with Crippen molar-refractivity contribution >= 4 is 22.5 Å². The first-order chi connectivity index (χ1) is 10.1. The molecule has 1 aromatic heterocycles. The van der Waals surface area contributed by atoms with Crippen LogP contribution in [0.3, 0.4) is 0 Å². The van der Waals surface area contributed by atoms with Gasteiger partial charge in [0.1, 0.15) is 11.9 Å². The summed E-state index contributed by atoms with van der Waals surface area (Å²) in [6, 6.07) is 13.5. The van der Waals surface area contributed by atoms with Gasteiger partial charge in [-0.15, -0.1) is 0 Å². The third kappa shape index (κ3) is 2.62. The number of aliphatic hydroxyl groups is 1. The molecule has 1 unspecified atom stereocenters. The first-order valence-electron chi connectivity index (χ1n) is 6.55. The van der Waals surface area contributed by atoms with Crippen LogP contribution in [0.15, 0.2) is 48.5 Å². The zero-order valence-electron chi connectivity index (χ0n) is 11.3. The van der Waals surface area contributed by atoms with Gasteiger partial charge in [-0.05, 0) is 42.8 Å². The van der Waals surface area contributed by atoms with Gasteiger partial charge in [0, 0.05) is 21.7 Å². The third-order valence-electron chi connectivity index (χ3n) is 3.44. The summed E-state index contributed by atoms with van der Waals surface area (Å²) in [5.74, 6) is -0.517. The van der Waals surface area contributed by atoms with Gasteiger partial charge < -0.3 is 5.11 Å². The summed E-state index contributed by atoms with van der Waals surface area (Å²) in [6.45, 7) is 1.92. The summed E-state index contributed by atoms with van der Waals surface area (Å²) in [5.41, 5.74) is 2.44. The number of fused-ring (bicyclic) bond motifs is 1. The van der Waals surface area contributed by atoms with Crippen molar-refractivity contribution < 1.29 is 9.50 Å². The van der Waals surface area contributed by atoms with Crippen LogP contribution < -0.4 is 0 Å². The average molecular weight is 302 g/mol. The largest absolute Gasteiger partial charge is 0.383 e. The van der Waals surface area contributed by atoms with E-state index in [1.165, 1.54) is 12.1 Å². The normalized spacial score (nSPS) is 12.6. The van der Waals surface area contributed by atoms with Crippen LogP contribution in [0.25, 0.3) is 10.9 Å². The van der Waals surface area contributed by atoms with Crippen molar-refractivity contribution in [2.75, 3.05) is 0 Å². The summed E-state index contributed by atoms with van der Waals surface area (Å²) in [5, 5.41) is 11.5. The number of nitrogens with zero attached hydrogens (tertiary/aromatic N) is 1. The fraction of sp³-hybridized carbons (Fsp3) is 0.118. The van der Waals surface area contributed by atoms with Gasteiger partial charge in [0.25, 0.3) is 0 Å². The molecular weight excluding hydrogens is 289 g/mol. The van der Waals surface area contributed by atoms with Crippen LogP contribution in [-0.4, -0.2) is 10.1 Å². The molecule has 2 aromatic carbocycles. The van der Waals surface area contributed by atoms with E-state index in [1.807, 2.05) is 25.1 Å². The molecule has 4 heteroatoms. The topological polar surface area (TPSA) is 33.1 Å². The highest BCUT2D eigenvalue weighted by Crippen LogP contribution is 2.31. The van der Waals surface area contributed by atoms with E-state index < -0.39 is 11.9 Å². The first kappa shape index (κ1) is 14.0. The summed E-state index contributed by atoms with van der Waals surface area (Å²) in [6.07, 6.45) is -1.11. The Morgan fingerprint density at radius 2 is 1.95 bits per heavy atom. The van der Waals surface area contributed by atoms with Crippen LogP contribution in [0.1, 0.15) is 22.9 Å². The fourth-order valence-corrected chi connectivity index (χ4v) is 2.62. The molecule has 0 saturated heterocycles. The second-order valence-corrected chi connectivity index (χ2v) is 5.35. The smallest absolute Gasteiger partial charge is 0.130 e. The molecule has 1 atom stereocenters.